The highest BCUT2D eigenvalue weighted by molar-refractivity contribution is 6.19. The Balaban J connectivity index is 2.23. The van der Waals surface area contributed by atoms with Crippen molar-refractivity contribution in [2.24, 2.45) is 0 Å². The molecule has 1 aromatic heterocycles. The van der Waals surface area contributed by atoms with E-state index < -0.39 is 0 Å². The number of rotatable bonds is 4. The van der Waals surface area contributed by atoms with E-state index in [4.69, 9.17) is 16.1 Å². The molecule has 0 spiro atoms. The molecular weight excluding hydrogens is 226 g/mol. The predicted octanol–water partition coefficient (Wildman–Crippen LogP) is 3.15. The molecule has 4 heteroatoms. The molecule has 0 aliphatic carbocycles. The van der Waals surface area contributed by atoms with Gasteiger partial charge in [0.1, 0.15) is 5.69 Å². The molecule has 1 heterocycles. The standard InChI is InChI=1S/C12H10ClNO2/c13-7-6-11(15)12-8-10(14-16-12)9-4-2-1-3-5-9/h1-5,8H,6-7H2. The van der Waals surface area contributed by atoms with Crippen LogP contribution in [-0.4, -0.2) is 16.8 Å². The molecule has 0 saturated carbocycles. The summed E-state index contributed by atoms with van der Waals surface area (Å²) in [6, 6.07) is 11.2. The van der Waals surface area contributed by atoms with Gasteiger partial charge in [-0.05, 0) is 0 Å². The lowest BCUT2D eigenvalue weighted by atomic mass is 10.1. The van der Waals surface area contributed by atoms with Gasteiger partial charge in [-0.25, -0.2) is 0 Å². The second kappa shape index (κ2) is 4.94. The Morgan fingerprint density at radius 2 is 2.06 bits per heavy atom. The van der Waals surface area contributed by atoms with E-state index in [1.165, 1.54) is 0 Å². The Bertz CT molecular complexity index is 479. The number of ketones is 1. The summed E-state index contributed by atoms with van der Waals surface area (Å²) in [5.74, 6) is 0.435. The minimum atomic E-state index is -0.121. The van der Waals surface area contributed by atoms with Crippen LogP contribution in [0.2, 0.25) is 0 Å². The van der Waals surface area contributed by atoms with Crippen LogP contribution in [0.1, 0.15) is 17.0 Å². The van der Waals surface area contributed by atoms with E-state index in [0.717, 1.165) is 5.56 Å². The molecule has 2 aromatic rings. The maximum atomic E-state index is 11.5. The monoisotopic (exact) mass is 235 g/mol. The number of alkyl halides is 1. The van der Waals surface area contributed by atoms with Crippen LogP contribution in [0.5, 0.6) is 0 Å². The molecule has 0 N–H and O–H groups in total. The number of hydrogen-bond acceptors (Lipinski definition) is 3. The van der Waals surface area contributed by atoms with Gasteiger partial charge in [0.2, 0.25) is 11.5 Å². The lowest BCUT2D eigenvalue weighted by Gasteiger charge is -1.91. The number of carbonyl (C=O) groups is 1. The molecule has 0 saturated heterocycles. The molecule has 0 fully saturated rings. The van der Waals surface area contributed by atoms with Crippen LogP contribution in [0.4, 0.5) is 0 Å². The van der Waals surface area contributed by atoms with Gasteiger partial charge in [0.05, 0.1) is 0 Å². The van der Waals surface area contributed by atoms with E-state index in [0.29, 0.717) is 11.6 Å². The van der Waals surface area contributed by atoms with E-state index in [1.807, 2.05) is 30.3 Å². The van der Waals surface area contributed by atoms with Crippen molar-refractivity contribution in [3.8, 4) is 11.3 Å². The zero-order chi connectivity index (χ0) is 11.4. The fourth-order valence-electron chi connectivity index (χ4n) is 1.36. The zero-order valence-corrected chi connectivity index (χ0v) is 9.28. The van der Waals surface area contributed by atoms with Crippen LogP contribution in [0.25, 0.3) is 11.3 Å². The lowest BCUT2D eigenvalue weighted by molar-refractivity contribution is 0.0953. The van der Waals surface area contributed by atoms with Gasteiger partial charge in [0, 0.05) is 23.9 Å². The number of nitrogens with zero attached hydrogens (tertiary/aromatic N) is 1. The predicted molar refractivity (Wildman–Crippen MR) is 61.6 cm³/mol. The normalized spacial score (nSPS) is 10.3. The van der Waals surface area contributed by atoms with Crippen LogP contribution in [-0.2, 0) is 0 Å². The molecule has 0 amide bonds. The highest BCUT2D eigenvalue weighted by Gasteiger charge is 2.12. The molecule has 1 aromatic carbocycles. The molecule has 0 bridgehead atoms. The summed E-state index contributed by atoms with van der Waals surface area (Å²) in [5.41, 5.74) is 1.59. The molecule has 0 unspecified atom stereocenters. The van der Waals surface area contributed by atoms with E-state index in [2.05, 4.69) is 5.16 Å². The minimum absolute atomic E-state index is 0.121. The van der Waals surface area contributed by atoms with E-state index in [9.17, 15) is 4.79 Å². The van der Waals surface area contributed by atoms with Gasteiger partial charge in [0.25, 0.3) is 0 Å². The quantitative estimate of drug-likeness (QED) is 0.604. The van der Waals surface area contributed by atoms with Crippen molar-refractivity contribution in [3.63, 3.8) is 0 Å². The Kier molecular flexibility index (Phi) is 3.37. The van der Waals surface area contributed by atoms with Crippen LogP contribution >= 0.6 is 11.6 Å². The van der Waals surface area contributed by atoms with E-state index in [1.54, 1.807) is 6.07 Å². The van der Waals surface area contributed by atoms with E-state index >= 15 is 0 Å². The first-order chi connectivity index (χ1) is 7.81. The summed E-state index contributed by atoms with van der Waals surface area (Å²) in [5, 5.41) is 3.85. The summed E-state index contributed by atoms with van der Waals surface area (Å²) in [6.45, 7) is 0. The third-order valence-corrected chi connectivity index (χ3v) is 2.37. The first kappa shape index (κ1) is 10.9. The van der Waals surface area contributed by atoms with Gasteiger partial charge in [0.15, 0.2) is 0 Å². The van der Waals surface area contributed by atoms with Crippen LogP contribution in [0.3, 0.4) is 0 Å². The van der Waals surface area contributed by atoms with Crippen molar-refractivity contribution in [1.29, 1.82) is 0 Å². The summed E-state index contributed by atoms with van der Waals surface area (Å²) >= 11 is 5.49. The molecule has 2 rings (SSSR count). The van der Waals surface area contributed by atoms with Gasteiger partial charge < -0.3 is 4.52 Å². The SMILES string of the molecule is O=C(CCCl)c1cc(-c2ccccc2)no1. The number of hydrogen-bond donors (Lipinski definition) is 0. The molecule has 0 radical (unpaired) electrons. The highest BCUT2D eigenvalue weighted by Crippen LogP contribution is 2.19. The van der Waals surface area contributed by atoms with Crippen molar-refractivity contribution in [3.05, 3.63) is 42.2 Å². The van der Waals surface area contributed by atoms with Crippen LogP contribution in [0, 0.1) is 0 Å². The van der Waals surface area contributed by atoms with Crippen molar-refractivity contribution in [2.45, 2.75) is 6.42 Å². The third-order valence-electron chi connectivity index (χ3n) is 2.18. The number of benzene rings is 1. The second-order valence-corrected chi connectivity index (χ2v) is 3.68. The fourth-order valence-corrected chi connectivity index (χ4v) is 1.53. The first-order valence-corrected chi connectivity index (χ1v) is 5.46. The van der Waals surface area contributed by atoms with Gasteiger partial charge >= 0.3 is 0 Å². The summed E-state index contributed by atoms with van der Waals surface area (Å²) in [7, 11) is 0. The Morgan fingerprint density at radius 3 is 2.75 bits per heavy atom. The molecule has 16 heavy (non-hydrogen) atoms. The molecule has 3 nitrogen and oxygen atoms in total. The Hall–Kier alpha value is -1.61. The number of Topliss-reactive ketones (excluding diaryl/α,β-unsaturated/α-hetero) is 1. The fraction of sp³-hybridized carbons (Fsp3) is 0.167. The Morgan fingerprint density at radius 1 is 1.31 bits per heavy atom. The maximum absolute atomic E-state index is 11.5. The van der Waals surface area contributed by atoms with Crippen LogP contribution in [0.15, 0.2) is 40.9 Å². The van der Waals surface area contributed by atoms with Gasteiger partial charge in [-0.15, -0.1) is 11.6 Å². The van der Waals surface area contributed by atoms with E-state index in [-0.39, 0.29) is 18.0 Å². The Labute approximate surface area is 98.0 Å². The first-order valence-electron chi connectivity index (χ1n) is 4.92. The average molecular weight is 236 g/mol. The van der Waals surface area contributed by atoms with Crippen molar-refractivity contribution in [2.75, 3.05) is 5.88 Å². The zero-order valence-electron chi connectivity index (χ0n) is 8.52. The van der Waals surface area contributed by atoms with Gasteiger partial charge in [-0.3, -0.25) is 4.79 Å². The number of aromatic nitrogens is 1. The molecule has 0 aliphatic rings. The molecule has 0 aliphatic heterocycles. The van der Waals surface area contributed by atoms with Crippen molar-refractivity contribution in [1.82, 2.24) is 5.16 Å². The van der Waals surface area contributed by atoms with Crippen LogP contribution < -0.4 is 0 Å². The maximum Gasteiger partial charge on any atom is 0.203 e. The summed E-state index contributed by atoms with van der Waals surface area (Å²) < 4.78 is 4.98. The summed E-state index contributed by atoms with van der Waals surface area (Å²) in [6.07, 6.45) is 0.269. The minimum Gasteiger partial charge on any atom is -0.352 e. The smallest absolute Gasteiger partial charge is 0.203 e. The average Bonchev–Trinajstić information content (AvgIpc) is 2.80. The second-order valence-electron chi connectivity index (χ2n) is 3.30. The molecule has 82 valence electrons. The van der Waals surface area contributed by atoms with Crippen molar-refractivity contribution >= 4 is 17.4 Å². The summed E-state index contributed by atoms with van der Waals surface area (Å²) in [4.78, 5) is 11.5. The lowest BCUT2D eigenvalue weighted by Crippen LogP contribution is -1.96. The largest absolute Gasteiger partial charge is 0.352 e. The third kappa shape index (κ3) is 2.31. The highest BCUT2D eigenvalue weighted by atomic mass is 35.5. The number of halogens is 1. The topological polar surface area (TPSA) is 43.1 Å². The number of carbonyl (C=O) groups excluding carboxylic acids is 1. The molecular formula is C12H10ClNO2. The molecule has 0 atom stereocenters. The van der Waals surface area contributed by atoms with Gasteiger partial charge in [-0.1, -0.05) is 35.5 Å². The van der Waals surface area contributed by atoms with Crippen molar-refractivity contribution < 1.29 is 9.32 Å². The van der Waals surface area contributed by atoms with Gasteiger partial charge in [-0.2, -0.15) is 0 Å².